The Balaban J connectivity index is 1.69. The lowest BCUT2D eigenvalue weighted by Crippen LogP contribution is -2.28. The number of aromatic nitrogens is 2. The average Bonchev–Trinajstić information content (AvgIpc) is 2.67. The first-order valence-electron chi connectivity index (χ1n) is 8.32. The fourth-order valence-corrected chi connectivity index (χ4v) is 2.64. The molecule has 2 aromatic carbocycles. The summed E-state index contributed by atoms with van der Waals surface area (Å²) in [6.45, 7) is 4.81. The number of hydrogen-bond donors (Lipinski definition) is 1. The zero-order valence-electron chi connectivity index (χ0n) is 14.7. The van der Waals surface area contributed by atoms with Crippen molar-refractivity contribution >= 4 is 5.82 Å². The predicted octanol–water partition coefficient (Wildman–Crippen LogP) is 4.54. The standard InChI is InChI=1S/C21H19FN4/c1-21(2,17-6-8-18(22)9-7-17)14-24-20-11-10-19(25-26-20)16-5-3-4-15(12-16)13-23/h3-12H,14H2,1-2H3,(H,24,26). The van der Waals surface area contributed by atoms with E-state index in [0.717, 1.165) is 11.1 Å². The van der Waals surface area contributed by atoms with Crippen LogP contribution in [0.25, 0.3) is 11.3 Å². The quantitative estimate of drug-likeness (QED) is 0.736. The summed E-state index contributed by atoms with van der Waals surface area (Å²) < 4.78 is 13.1. The van der Waals surface area contributed by atoms with Gasteiger partial charge in [0, 0.05) is 17.5 Å². The van der Waals surface area contributed by atoms with E-state index in [4.69, 9.17) is 5.26 Å². The van der Waals surface area contributed by atoms with Gasteiger partial charge in [-0.05, 0) is 42.0 Å². The van der Waals surface area contributed by atoms with Crippen molar-refractivity contribution in [3.8, 4) is 17.3 Å². The van der Waals surface area contributed by atoms with Crippen LogP contribution in [0, 0.1) is 17.1 Å². The summed E-state index contributed by atoms with van der Waals surface area (Å²) >= 11 is 0. The van der Waals surface area contributed by atoms with Crippen molar-refractivity contribution in [3.05, 3.63) is 77.6 Å². The minimum Gasteiger partial charge on any atom is -0.368 e. The molecule has 5 heteroatoms. The van der Waals surface area contributed by atoms with Crippen molar-refractivity contribution in [1.82, 2.24) is 10.2 Å². The third kappa shape index (κ3) is 4.04. The van der Waals surface area contributed by atoms with Crippen LogP contribution < -0.4 is 5.32 Å². The normalized spacial score (nSPS) is 11.0. The van der Waals surface area contributed by atoms with Crippen LogP contribution in [0.3, 0.4) is 0 Å². The van der Waals surface area contributed by atoms with Gasteiger partial charge in [-0.2, -0.15) is 5.26 Å². The number of rotatable bonds is 5. The minimum atomic E-state index is -0.237. The highest BCUT2D eigenvalue weighted by molar-refractivity contribution is 5.61. The third-order valence-corrected chi connectivity index (χ3v) is 4.29. The van der Waals surface area contributed by atoms with E-state index in [1.54, 1.807) is 24.3 Å². The minimum absolute atomic E-state index is 0.185. The maximum Gasteiger partial charge on any atom is 0.148 e. The van der Waals surface area contributed by atoms with E-state index in [1.807, 2.05) is 24.3 Å². The smallest absolute Gasteiger partial charge is 0.148 e. The second kappa shape index (κ2) is 7.32. The number of benzene rings is 2. The predicted molar refractivity (Wildman–Crippen MR) is 100 cm³/mol. The van der Waals surface area contributed by atoms with Gasteiger partial charge in [0.05, 0.1) is 17.3 Å². The summed E-state index contributed by atoms with van der Waals surface area (Å²) in [4.78, 5) is 0. The number of nitrogens with zero attached hydrogens (tertiary/aromatic N) is 3. The number of nitrogens with one attached hydrogen (secondary N) is 1. The van der Waals surface area contributed by atoms with Crippen molar-refractivity contribution in [2.45, 2.75) is 19.3 Å². The second-order valence-electron chi connectivity index (χ2n) is 6.74. The third-order valence-electron chi connectivity index (χ3n) is 4.29. The van der Waals surface area contributed by atoms with E-state index >= 15 is 0 Å². The number of hydrogen-bond acceptors (Lipinski definition) is 4. The van der Waals surface area contributed by atoms with E-state index < -0.39 is 0 Å². The molecule has 0 unspecified atom stereocenters. The van der Waals surface area contributed by atoms with E-state index in [0.29, 0.717) is 23.6 Å². The van der Waals surface area contributed by atoms with Gasteiger partial charge in [0.2, 0.25) is 0 Å². The van der Waals surface area contributed by atoms with Crippen molar-refractivity contribution in [2.75, 3.05) is 11.9 Å². The summed E-state index contributed by atoms with van der Waals surface area (Å²) in [7, 11) is 0. The number of nitriles is 1. The van der Waals surface area contributed by atoms with Gasteiger partial charge in [0.25, 0.3) is 0 Å². The Morgan fingerprint density at radius 2 is 1.81 bits per heavy atom. The first kappa shape index (κ1) is 17.6. The fourth-order valence-electron chi connectivity index (χ4n) is 2.64. The van der Waals surface area contributed by atoms with Crippen LogP contribution in [0.1, 0.15) is 25.0 Å². The molecule has 0 aliphatic rings. The van der Waals surface area contributed by atoms with Crippen LogP contribution >= 0.6 is 0 Å². The first-order chi connectivity index (χ1) is 12.5. The Bertz CT molecular complexity index is 925. The Labute approximate surface area is 152 Å². The number of anilines is 1. The SMILES string of the molecule is CC(C)(CNc1ccc(-c2cccc(C#N)c2)nn1)c1ccc(F)cc1. The maximum absolute atomic E-state index is 13.1. The van der Waals surface area contributed by atoms with Crippen molar-refractivity contribution in [3.63, 3.8) is 0 Å². The molecule has 1 N–H and O–H groups in total. The topological polar surface area (TPSA) is 61.6 Å². The van der Waals surface area contributed by atoms with Crippen molar-refractivity contribution in [2.24, 2.45) is 0 Å². The molecule has 0 bridgehead atoms. The monoisotopic (exact) mass is 346 g/mol. The summed E-state index contributed by atoms with van der Waals surface area (Å²) in [6, 6.07) is 19.7. The molecule has 26 heavy (non-hydrogen) atoms. The summed E-state index contributed by atoms with van der Waals surface area (Å²) in [5, 5.41) is 20.7. The van der Waals surface area contributed by atoms with Crippen LogP contribution in [0.15, 0.2) is 60.7 Å². The molecule has 1 aromatic heterocycles. The lowest BCUT2D eigenvalue weighted by Gasteiger charge is -2.25. The van der Waals surface area contributed by atoms with E-state index in [9.17, 15) is 4.39 Å². The largest absolute Gasteiger partial charge is 0.368 e. The van der Waals surface area contributed by atoms with Crippen molar-refractivity contribution < 1.29 is 4.39 Å². The molecule has 0 spiro atoms. The zero-order chi connectivity index (χ0) is 18.6. The molecule has 0 radical (unpaired) electrons. The molecular weight excluding hydrogens is 327 g/mol. The lowest BCUT2D eigenvalue weighted by atomic mass is 9.84. The zero-order valence-corrected chi connectivity index (χ0v) is 14.7. The Morgan fingerprint density at radius 1 is 1.04 bits per heavy atom. The Kier molecular flexibility index (Phi) is 4.94. The highest BCUT2D eigenvalue weighted by Crippen LogP contribution is 2.24. The molecule has 0 amide bonds. The molecule has 130 valence electrons. The van der Waals surface area contributed by atoms with E-state index in [1.165, 1.54) is 12.1 Å². The van der Waals surface area contributed by atoms with Gasteiger partial charge in [0.15, 0.2) is 0 Å². The van der Waals surface area contributed by atoms with Gasteiger partial charge in [-0.25, -0.2) is 4.39 Å². The number of halogens is 1. The van der Waals surface area contributed by atoms with Gasteiger partial charge < -0.3 is 5.32 Å². The van der Waals surface area contributed by atoms with Crippen LogP contribution in [-0.2, 0) is 5.41 Å². The molecule has 0 atom stereocenters. The molecule has 4 nitrogen and oxygen atoms in total. The van der Waals surface area contributed by atoms with Gasteiger partial charge >= 0.3 is 0 Å². The molecule has 0 aliphatic carbocycles. The molecule has 3 aromatic rings. The molecule has 0 aliphatic heterocycles. The van der Waals surface area contributed by atoms with Crippen LogP contribution in [0.2, 0.25) is 0 Å². The molecule has 3 rings (SSSR count). The summed E-state index contributed by atoms with van der Waals surface area (Å²) in [5.74, 6) is 0.430. The Hall–Kier alpha value is -3.26. The molecule has 1 heterocycles. The van der Waals surface area contributed by atoms with Gasteiger partial charge in [-0.1, -0.05) is 38.1 Å². The fraction of sp³-hybridized carbons (Fsp3) is 0.190. The highest BCUT2D eigenvalue weighted by atomic mass is 19.1. The second-order valence-corrected chi connectivity index (χ2v) is 6.74. The molecule has 0 saturated heterocycles. The molecule has 0 saturated carbocycles. The van der Waals surface area contributed by atoms with Crippen LogP contribution in [-0.4, -0.2) is 16.7 Å². The van der Waals surface area contributed by atoms with Gasteiger partial charge in [-0.3, -0.25) is 0 Å². The lowest BCUT2D eigenvalue weighted by molar-refractivity contribution is 0.552. The summed E-state index contributed by atoms with van der Waals surface area (Å²) in [5.41, 5.74) is 3.02. The molecule has 0 fully saturated rings. The van der Waals surface area contributed by atoms with Crippen LogP contribution in [0.5, 0.6) is 0 Å². The first-order valence-corrected chi connectivity index (χ1v) is 8.32. The maximum atomic E-state index is 13.1. The van der Waals surface area contributed by atoms with Gasteiger partial charge in [-0.15, -0.1) is 10.2 Å². The summed E-state index contributed by atoms with van der Waals surface area (Å²) in [6.07, 6.45) is 0. The van der Waals surface area contributed by atoms with Gasteiger partial charge in [0.1, 0.15) is 11.6 Å². The molecular formula is C21H19FN4. The highest BCUT2D eigenvalue weighted by Gasteiger charge is 2.20. The van der Waals surface area contributed by atoms with E-state index in [-0.39, 0.29) is 11.2 Å². The Morgan fingerprint density at radius 3 is 2.46 bits per heavy atom. The van der Waals surface area contributed by atoms with Crippen LogP contribution in [0.4, 0.5) is 10.2 Å². The van der Waals surface area contributed by atoms with Crippen molar-refractivity contribution in [1.29, 1.82) is 5.26 Å². The van der Waals surface area contributed by atoms with E-state index in [2.05, 4.69) is 35.4 Å². The average molecular weight is 346 g/mol.